The number of carbonyl (C=O) groups excluding carboxylic acids is 1. The van der Waals surface area contributed by atoms with Gasteiger partial charge in [0.1, 0.15) is 6.61 Å². The zero-order valence-electron chi connectivity index (χ0n) is 10.6. The summed E-state index contributed by atoms with van der Waals surface area (Å²) < 4.78 is 25.7. The standard InChI is InChI=1S/C14H17F2NO2/c15-14(16,9-18)8-17-13(19)12-6-5-10-3-1-2-4-11(10)7-12/h5-7,18H,1-4,8-9H2,(H,17,19). The van der Waals surface area contributed by atoms with E-state index in [0.717, 1.165) is 31.2 Å². The van der Waals surface area contributed by atoms with Crippen molar-refractivity contribution in [2.24, 2.45) is 0 Å². The molecule has 5 heteroatoms. The molecular formula is C14H17F2NO2. The number of nitrogens with one attached hydrogen (secondary N) is 1. The highest BCUT2D eigenvalue weighted by molar-refractivity contribution is 5.94. The number of alkyl halides is 2. The second-order valence-electron chi connectivity index (χ2n) is 4.89. The van der Waals surface area contributed by atoms with Crippen LogP contribution in [0.15, 0.2) is 18.2 Å². The van der Waals surface area contributed by atoms with Crippen molar-refractivity contribution in [1.82, 2.24) is 5.32 Å². The molecule has 2 rings (SSSR count). The van der Waals surface area contributed by atoms with Crippen molar-refractivity contribution in [1.29, 1.82) is 0 Å². The van der Waals surface area contributed by atoms with Crippen LogP contribution in [-0.2, 0) is 12.8 Å². The Morgan fingerprint density at radius 2 is 1.95 bits per heavy atom. The summed E-state index contributed by atoms with van der Waals surface area (Å²) in [4.78, 5) is 11.8. The lowest BCUT2D eigenvalue weighted by molar-refractivity contribution is -0.0462. The lowest BCUT2D eigenvalue weighted by Gasteiger charge is -2.17. The first-order valence-corrected chi connectivity index (χ1v) is 6.40. The zero-order valence-corrected chi connectivity index (χ0v) is 10.6. The SMILES string of the molecule is O=C(NCC(F)(F)CO)c1ccc2c(c1)CCCC2. The Bertz CT molecular complexity index is 475. The van der Waals surface area contributed by atoms with Crippen molar-refractivity contribution in [3.8, 4) is 0 Å². The molecule has 0 unspecified atom stereocenters. The Morgan fingerprint density at radius 1 is 1.26 bits per heavy atom. The number of halogens is 2. The van der Waals surface area contributed by atoms with E-state index in [0.29, 0.717) is 5.56 Å². The van der Waals surface area contributed by atoms with Crippen LogP contribution in [0, 0.1) is 0 Å². The maximum atomic E-state index is 12.8. The van der Waals surface area contributed by atoms with Gasteiger partial charge in [0.15, 0.2) is 0 Å². The first-order valence-electron chi connectivity index (χ1n) is 6.40. The van der Waals surface area contributed by atoms with Gasteiger partial charge < -0.3 is 10.4 Å². The van der Waals surface area contributed by atoms with Gasteiger partial charge in [0.25, 0.3) is 11.8 Å². The van der Waals surface area contributed by atoms with Gasteiger partial charge in [-0.15, -0.1) is 0 Å². The third kappa shape index (κ3) is 3.50. The van der Waals surface area contributed by atoms with Crippen LogP contribution in [0.5, 0.6) is 0 Å². The highest BCUT2D eigenvalue weighted by Gasteiger charge is 2.28. The van der Waals surface area contributed by atoms with E-state index in [1.54, 1.807) is 12.1 Å². The molecule has 0 heterocycles. The van der Waals surface area contributed by atoms with Crippen molar-refractivity contribution in [2.75, 3.05) is 13.2 Å². The van der Waals surface area contributed by atoms with E-state index >= 15 is 0 Å². The maximum Gasteiger partial charge on any atom is 0.287 e. The van der Waals surface area contributed by atoms with E-state index in [2.05, 4.69) is 5.32 Å². The fraction of sp³-hybridized carbons (Fsp3) is 0.500. The van der Waals surface area contributed by atoms with Crippen LogP contribution in [0.25, 0.3) is 0 Å². The highest BCUT2D eigenvalue weighted by atomic mass is 19.3. The number of fused-ring (bicyclic) bond motifs is 1. The molecule has 19 heavy (non-hydrogen) atoms. The van der Waals surface area contributed by atoms with Gasteiger partial charge in [-0.05, 0) is 48.9 Å². The van der Waals surface area contributed by atoms with E-state index in [9.17, 15) is 13.6 Å². The van der Waals surface area contributed by atoms with Crippen molar-refractivity contribution < 1.29 is 18.7 Å². The number of benzene rings is 1. The molecule has 104 valence electrons. The Morgan fingerprint density at radius 3 is 2.63 bits per heavy atom. The van der Waals surface area contributed by atoms with E-state index in [1.165, 1.54) is 5.56 Å². The predicted molar refractivity (Wildman–Crippen MR) is 67.5 cm³/mol. The monoisotopic (exact) mass is 269 g/mol. The molecule has 0 saturated carbocycles. The fourth-order valence-electron chi connectivity index (χ4n) is 2.24. The van der Waals surface area contributed by atoms with Crippen LogP contribution in [0.4, 0.5) is 8.78 Å². The number of aliphatic hydroxyl groups is 1. The normalized spacial score (nSPS) is 14.9. The number of aliphatic hydroxyl groups excluding tert-OH is 1. The van der Waals surface area contributed by atoms with E-state index in [-0.39, 0.29) is 0 Å². The van der Waals surface area contributed by atoms with Gasteiger partial charge in [0, 0.05) is 5.56 Å². The summed E-state index contributed by atoms with van der Waals surface area (Å²) in [5, 5.41) is 10.6. The molecule has 1 aromatic rings. The molecule has 0 atom stereocenters. The Hall–Kier alpha value is -1.49. The minimum Gasteiger partial charge on any atom is -0.390 e. The summed E-state index contributed by atoms with van der Waals surface area (Å²) in [5.74, 6) is -3.80. The van der Waals surface area contributed by atoms with Gasteiger partial charge in [0.2, 0.25) is 0 Å². The molecule has 0 aliphatic heterocycles. The lowest BCUT2D eigenvalue weighted by Crippen LogP contribution is -2.39. The highest BCUT2D eigenvalue weighted by Crippen LogP contribution is 2.22. The summed E-state index contributed by atoms with van der Waals surface area (Å²) >= 11 is 0. The topological polar surface area (TPSA) is 49.3 Å². The van der Waals surface area contributed by atoms with Crippen LogP contribution in [-0.4, -0.2) is 30.1 Å². The molecule has 0 spiro atoms. The maximum absolute atomic E-state index is 12.8. The third-order valence-electron chi connectivity index (χ3n) is 3.35. The summed E-state index contributed by atoms with van der Waals surface area (Å²) in [7, 11) is 0. The van der Waals surface area contributed by atoms with Crippen molar-refractivity contribution >= 4 is 5.91 Å². The van der Waals surface area contributed by atoms with Crippen molar-refractivity contribution in [3.05, 3.63) is 34.9 Å². The molecule has 1 aromatic carbocycles. The summed E-state index contributed by atoms with van der Waals surface area (Å²) in [6, 6.07) is 5.34. The van der Waals surface area contributed by atoms with E-state index < -0.39 is 25.0 Å². The van der Waals surface area contributed by atoms with Gasteiger partial charge in [-0.3, -0.25) is 4.79 Å². The zero-order chi connectivity index (χ0) is 13.9. The van der Waals surface area contributed by atoms with Gasteiger partial charge >= 0.3 is 0 Å². The minimum atomic E-state index is -3.27. The Kier molecular flexibility index (Phi) is 4.14. The summed E-state index contributed by atoms with van der Waals surface area (Å²) in [5.41, 5.74) is 2.77. The van der Waals surface area contributed by atoms with Crippen LogP contribution in [0.3, 0.4) is 0 Å². The molecule has 1 aliphatic rings. The fourth-order valence-corrected chi connectivity index (χ4v) is 2.24. The van der Waals surface area contributed by atoms with Gasteiger partial charge in [-0.25, -0.2) is 8.78 Å². The number of amides is 1. The number of carbonyl (C=O) groups is 1. The number of hydrogen-bond acceptors (Lipinski definition) is 2. The minimum absolute atomic E-state index is 0.398. The van der Waals surface area contributed by atoms with Crippen molar-refractivity contribution in [3.63, 3.8) is 0 Å². The molecule has 0 fully saturated rings. The van der Waals surface area contributed by atoms with Crippen LogP contribution in [0.2, 0.25) is 0 Å². The van der Waals surface area contributed by atoms with E-state index in [4.69, 9.17) is 5.11 Å². The first-order chi connectivity index (χ1) is 9.02. The molecule has 0 saturated heterocycles. The van der Waals surface area contributed by atoms with Gasteiger partial charge in [-0.2, -0.15) is 0 Å². The molecule has 1 aliphatic carbocycles. The number of rotatable bonds is 4. The summed E-state index contributed by atoms with van der Waals surface area (Å²) in [6.07, 6.45) is 4.20. The van der Waals surface area contributed by atoms with Crippen LogP contribution < -0.4 is 5.32 Å². The van der Waals surface area contributed by atoms with Gasteiger partial charge in [0.05, 0.1) is 6.54 Å². The smallest absolute Gasteiger partial charge is 0.287 e. The van der Waals surface area contributed by atoms with Crippen molar-refractivity contribution in [2.45, 2.75) is 31.6 Å². The van der Waals surface area contributed by atoms with E-state index in [1.807, 2.05) is 6.07 Å². The summed E-state index contributed by atoms with van der Waals surface area (Å²) in [6.45, 7) is -2.11. The van der Waals surface area contributed by atoms with Crippen LogP contribution >= 0.6 is 0 Å². The Balaban J connectivity index is 2.03. The second-order valence-corrected chi connectivity index (χ2v) is 4.89. The quantitative estimate of drug-likeness (QED) is 0.877. The average Bonchev–Trinajstić information content (AvgIpc) is 2.44. The molecular weight excluding hydrogens is 252 g/mol. The van der Waals surface area contributed by atoms with Gasteiger partial charge in [-0.1, -0.05) is 6.07 Å². The molecule has 2 N–H and O–H groups in total. The second kappa shape index (κ2) is 5.65. The first kappa shape index (κ1) is 13.9. The lowest BCUT2D eigenvalue weighted by atomic mass is 9.90. The number of aryl methyl sites for hydroxylation is 2. The molecule has 0 radical (unpaired) electrons. The molecule has 1 amide bonds. The number of hydrogen-bond donors (Lipinski definition) is 2. The largest absolute Gasteiger partial charge is 0.390 e. The third-order valence-corrected chi connectivity index (χ3v) is 3.35. The molecule has 0 bridgehead atoms. The predicted octanol–water partition coefficient (Wildman–Crippen LogP) is 1.92. The molecule has 0 aromatic heterocycles. The Labute approximate surface area is 110 Å². The van der Waals surface area contributed by atoms with Crippen LogP contribution in [0.1, 0.15) is 34.3 Å². The molecule has 3 nitrogen and oxygen atoms in total. The average molecular weight is 269 g/mol.